The Bertz CT molecular complexity index is 231. The van der Waals surface area contributed by atoms with Gasteiger partial charge in [-0.1, -0.05) is 11.3 Å². The van der Waals surface area contributed by atoms with Crippen molar-refractivity contribution in [1.82, 2.24) is 0 Å². The second-order valence-corrected chi connectivity index (χ2v) is 2.52. The fourth-order valence-electron chi connectivity index (χ4n) is 0.538. The van der Waals surface area contributed by atoms with Gasteiger partial charge in [0, 0.05) is 0 Å². The molecule has 0 unspecified atom stereocenters. The van der Waals surface area contributed by atoms with E-state index in [9.17, 15) is 4.79 Å². The Morgan fingerprint density at radius 3 is 2.78 bits per heavy atom. The summed E-state index contributed by atoms with van der Waals surface area (Å²) >= 11 is 1.22. The number of aryl methyl sites for hydroxylation is 1. The van der Waals surface area contributed by atoms with Crippen molar-refractivity contribution in [3.05, 3.63) is 16.6 Å². The summed E-state index contributed by atoms with van der Waals surface area (Å²) in [6.45, 7) is 0. The first kappa shape index (κ1) is 6.22. The molecule has 1 rings (SSSR count). The number of hydrogen-bond donors (Lipinski definition) is 1. The van der Waals surface area contributed by atoms with Gasteiger partial charge in [0.05, 0.1) is 5.38 Å². The molecule has 1 heterocycles. The maximum absolute atomic E-state index is 10.3. The van der Waals surface area contributed by atoms with Crippen molar-refractivity contribution in [1.29, 1.82) is 0 Å². The van der Waals surface area contributed by atoms with E-state index in [2.05, 4.69) is 0 Å². The van der Waals surface area contributed by atoms with Crippen molar-refractivity contribution < 1.29 is 14.5 Å². The number of nitrogens with zero attached hydrogens (tertiary/aromatic N) is 1. The summed E-state index contributed by atoms with van der Waals surface area (Å²) in [5.41, 5.74) is 0. The highest BCUT2D eigenvalue weighted by molar-refractivity contribution is 7.11. The van der Waals surface area contributed by atoms with Crippen LogP contribution >= 0.6 is 11.3 Å². The summed E-state index contributed by atoms with van der Waals surface area (Å²) < 4.78 is 1.58. The van der Waals surface area contributed by atoms with Crippen LogP contribution in [0.1, 0.15) is 9.80 Å². The molecule has 0 amide bonds. The van der Waals surface area contributed by atoms with Crippen LogP contribution in [0.5, 0.6) is 0 Å². The van der Waals surface area contributed by atoms with Crippen molar-refractivity contribution in [2.45, 2.75) is 0 Å². The highest BCUT2D eigenvalue weighted by Gasteiger charge is 2.15. The van der Waals surface area contributed by atoms with E-state index in [1.54, 1.807) is 23.2 Å². The van der Waals surface area contributed by atoms with Gasteiger partial charge in [-0.15, -0.1) is 0 Å². The summed E-state index contributed by atoms with van der Waals surface area (Å²) in [6, 6.07) is 0. The van der Waals surface area contributed by atoms with Gasteiger partial charge in [-0.2, -0.15) is 4.57 Å². The number of hydrogen-bond acceptors (Lipinski definition) is 2. The first-order valence-corrected chi connectivity index (χ1v) is 3.26. The average Bonchev–Trinajstić information content (AvgIpc) is 2.13. The van der Waals surface area contributed by atoms with Gasteiger partial charge in [-0.05, 0) is 0 Å². The molecular formula is C5H6NO2S+. The molecule has 9 heavy (non-hydrogen) atoms. The SMILES string of the molecule is C[n+]1ccsc1C(=O)O. The van der Waals surface area contributed by atoms with Gasteiger partial charge in [0.15, 0.2) is 6.20 Å². The fourth-order valence-corrected chi connectivity index (χ4v) is 1.24. The van der Waals surface area contributed by atoms with E-state index >= 15 is 0 Å². The zero-order chi connectivity index (χ0) is 6.85. The molecule has 1 N–H and O–H groups in total. The molecule has 0 atom stereocenters. The van der Waals surface area contributed by atoms with Crippen LogP contribution in [0.15, 0.2) is 11.6 Å². The van der Waals surface area contributed by atoms with Crippen molar-refractivity contribution >= 4 is 17.3 Å². The van der Waals surface area contributed by atoms with Crippen molar-refractivity contribution in [3.8, 4) is 0 Å². The van der Waals surface area contributed by atoms with Gasteiger partial charge in [0.1, 0.15) is 7.05 Å². The normalized spacial score (nSPS) is 9.44. The van der Waals surface area contributed by atoms with Gasteiger partial charge in [0.2, 0.25) is 0 Å². The molecule has 0 spiro atoms. The Kier molecular flexibility index (Phi) is 1.48. The Balaban J connectivity index is 3.08. The number of carboxylic acid groups (broad SMARTS) is 1. The van der Waals surface area contributed by atoms with Crippen LogP contribution < -0.4 is 4.57 Å². The average molecular weight is 144 g/mol. The smallest absolute Gasteiger partial charge is 0.412 e. The lowest BCUT2D eigenvalue weighted by atomic mass is 10.7. The third kappa shape index (κ3) is 1.08. The molecule has 0 aromatic carbocycles. The largest absolute Gasteiger partial charge is 0.473 e. The van der Waals surface area contributed by atoms with Crippen LogP contribution in [0.4, 0.5) is 0 Å². The van der Waals surface area contributed by atoms with Crippen molar-refractivity contribution in [2.75, 3.05) is 0 Å². The second-order valence-electron chi connectivity index (χ2n) is 1.62. The minimum atomic E-state index is -0.868. The number of aromatic nitrogens is 1. The number of thiazole rings is 1. The Hall–Kier alpha value is -0.900. The molecule has 3 nitrogen and oxygen atoms in total. The van der Waals surface area contributed by atoms with E-state index < -0.39 is 5.97 Å². The number of aromatic carboxylic acids is 1. The van der Waals surface area contributed by atoms with Gasteiger partial charge in [0.25, 0.3) is 0 Å². The third-order valence-corrected chi connectivity index (χ3v) is 1.91. The summed E-state index contributed by atoms with van der Waals surface area (Å²) in [5, 5.41) is 10.5. The van der Waals surface area contributed by atoms with Crippen molar-refractivity contribution in [2.24, 2.45) is 7.05 Å². The molecule has 1 aromatic rings. The Morgan fingerprint density at radius 1 is 1.89 bits per heavy atom. The summed E-state index contributed by atoms with van der Waals surface area (Å²) in [6.07, 6.45) is 1.72. The minimum absolute atomic E-state index is 0.356. The standard InChI is InChI=1S/C5H5NO2S/c1-6-2-3-9-4(6)5(7)8/h2-3H,1H3/p+1. The van der Waals surface area contributed by atoms with E-state index in [4.69, 9.17) is 5.11 Å². The summed E-state index contributed by atoms with van der Waals surface area (Å²) in [5.74, 6) is -0.868. The molecule has 0 fully saturated rings. The highest BCUT2D eigenvalue weighted by Crippen LogP contribution is 1.99. The highest BCUT2D eigenvalue weighted by atomic mass is 32.1. The van der Waals surface area contributed by atoms with Crippen LogP contribution in [-0.2, 0) is 7.05 Å². The third-order valence-electron chi connectivity index (χ3n) is 0.967. The van der Waals surface area contributed by atoms with Crippen LogP contribution in [0, 0.1) is 0 Å². The second kappa shape index (κ2) is 2.14. The van der Waals surface area contributed by atoms with E-state index in [1.165, 1.54) is 11.3 Å². The number of rotatable bonds is 1. The van der Waals surface area contributed by atoms with Crippen LogP contribution in [0.25, 0.3) is 0 Å². The quantitative estimate of drug-likeness (QED) is 0.575. The fraction of sp³-hybridized carbons (Fsp3) is 0.200. The van der Waals surface area contributed by atoms with Gasteiger partial charge in [-0.25, -0.2) is 4.79 Å². The lowest BCUT2D eigenvalue weighted by Gasteiger charge is -1.80. The first-order chi connectivity index (χ1) is 4.22. The lowest BCUT2D eigenvalue weighted by Crippen LogP contribution is -2.31. The van der Waals surface area contributed by atoms with Crippen LogP contribution in [0.2, 0.25) is 0 Å². The zero-order valence-corrected chi connectivity index (χ0v) is 5.68. The Labute approximate surface area is 56.2 Å². The topological polar surface area (TPSA) is 41.2 Å². The maximum Gasteiger partial charge on any atom is 0.412 e. The molecule has 0 bridgehead atoms. The Morgan fingerprint density at radius 2 is 2.56 bits per heavy atom. The minimum Gasteiger partial charge on any atom is -0.473 e. The van der Waals surface area contributed by atoms with Gasteiger partial charge < -0.3 is 5.11 Å². The molecule has 0 saturated heterocycles. The predicted octanol–water partition coefficient (Wildman–Crippen LogP) is 0.271. The van der Waals surface area contributed by atoms with E-state index in [0.717, 1.165) is 0 Å². The summed E-state index contributed by atoms with van der Waals surface area (Å²) in [7, 11) is 1.71. The van der Waals surface area contributed by atoms with E-state index in [-0.39, 0.29) is 0 Å². The van der Waals surface area contributed by atoms with Crippen molar-refractivity contribution in [3.63, 3.8) is 0 Å². The summed E-state index contributed by atoms with van der Waals surface area (Å²) in [4.78, 5) is 10.3. The molecule has 0 saturated carbocycles. The molecule has 0 aliphatic heterocycles. The zero-order valence-electron chi connectivity index (χ0n) is 4.87. The number of carbonyl (C=O) groups is 1. The lowest BCUT2D eigenvalue weighted by molar-refractivity contribution is -0.668. The molecule has 0 aliphatic carbocycles. The van der Waals surface area contributed by atoms with E-state index in [1.807, 2.05) is 0 Å². The van der Waals surface area contributed by atoms with E-state index in [0.29, 0.717) is 5.01 Å². The molecule has 0 radical (unpaired) electrons. The van der Waals surface area contributed by atoms with Gasteiger partial charge >= 0.3 is 11.0 Å². The number of carboxylic acids is 1. The molecule has 48 valence electrons. The van der Waals surface area contributed by atoms with Gasteiger partial charge in [-0.3, -0.25) is 0 Å². The monoisotopic (exact) mass is 144 g/mol. The predicted molar refractivity (Wildman–Crippen MR) is 32.5 cm³/mol. The molecular weight excluding hydrogens is 138 g/mol. The molecule has 4 heteroatoms. The molecule has 1 aromatic heterocycles. The maximum atomic E-state index is 10.3. The first-order valence-electron chi connectivity index (χ1n) is 2.38. The van der Waals surface area contributed by atoms with Crippen LogP contribution in [0.3, 0.4) is 0 Å². The van der Waals surface area contributed by atoms with Crippen LogP contribution in [-0.4, -0.2) is 11.1 Å². The molecule has 0 aliphatic rings.